The van der Waals surface area contributed by atoms with Crippen molar-refractivity contribution < 1.29 is 8.42 Å². The normalized spacial score (nSPS) is 23.9. The quantitative estimate of drug-likeness (QED) is 0.713. The van der Waals surface area contributed by atoms with Crippen molar-refractivity contribution in [2.45, 2.75) is 29.9 Å². The van der Waals surface area contributed by atoms with Crippen molar-refractivity contribution in [3.8, 4) is 0 Å². The number of hydrogen-bond donors (Lipinski definition) is 1. The number of nitrogens with one attached hydrogen (secondary N) is 1. The van der Waals surface area contributed by atoms with Gasteiger partial charge in [-0.15, -0.1) is 22.9 Å². The van der Waals surface area contributed by atoms with Gasteiger partial charge in [-0.3, -0.25) is 0 Å². The molecule has 114 valence electrons. The maximum atomic E-state index is 12.2. The summed E-state index contributed by atoms with van der Waals surface area (Å²) in [5, 5.41) is 0.423. The molecule has 1 aromatic rings. The van der Waals surface area contributed by atoms with Crippen LogP contribution in [0.25, 0.3) is 0 Å². The van der Waals surface area contributed by atoms with Gasteiger partial charge in [0.2, 0.25) is 10.0 Å². The summed E-state index contributed by atoms with van der Waals surface area (Å²) < 4.78 is 28.0. The molecule has 0 radical (unpaired) electrons. The average Bonchev–Trinajstić information content (AvgIpc) is 2.78. The van der Waals surface area contributed by atoms with Crippen molar-refractivity contribution in [3.05, 3.63) is 14.9 Å². The molecule has 0 aliphatic heterocycles. The lowest BCUT2D eigenvalue weighted by molar-refractivity contribution is 0.260. The molecule has 1 heterocycles. The molecule has 1 aliphatic carbocycles. The van der Waals surface area contributed by atoms with E-state index >= 15 is 0 Å². The van der Waals surface area contributed by atoms with Crippen molar-refractivity contribution in [2.75, 3.05) is 12.4 Å². The molecule has 1 aromatic heterocycles. The summed E-state index contributed by atoms with van der Waals surface area (Å²) in [5.74, 6) is 1.34. The Morgan fingerprint density at radius 2 is 2.00 bits per heavy atom. The third-order valence-corrected chi connectivity index (χ3v) is 8.46. The molecule has 1 fully saturated rings. The fraction of sp³-hybridized carbons (Fsp3) is 0.667. The molecule has 0 bridgehead atoms. The number of hydrogen-bond acceptors (Lipinski definition) is 3. The van der Waals surface area contributed by atoms with E-state index in [1.54, 1.807) is 0 Å². The Hall–Kier alpha value is 0.670. The van der Waals surface area contributed by atoms with Gasteiger partial charge in [-0.2, -0.15) is 0 Å². The first-order chi connectivity index (χ1) is 9.44. The van der Waals surface area contributed by atoms with Gasteiger partial charge in [0.05, 0.1) is 8.81 Å². The van der Waals surface area contributed by atoms with Gasteiger partial charge >= 0.3 is 0 Å². The molecule has 0 spiro atoms. The Labute approximate surface area is 142 Å². The highest BCUT2D eigenvalue weighted by Gasteiger charge is 2.27. The van der Waals surface area contributed by atoms with Crippen LogP contribution in [-0.4, -0.2) is 20.8 Å². The fourth-order valence-electron chi connectivity index (χ4n) is 2.50. The molecule has 1 saturated carbocycles. The SMILES string of the molecule is O=S(=O)(NCC1CCCCC1CCl)c1cc(Cl)c(Br)s1. The summed E-state index contributed by atoms with van der Waals surface area (Å²) in [4.78, 5) is 0. The maximum absolute atomic E-state index is 12.2. The Morgan fingerprint density at radius 3 is 2.55 bits per heavy atom. The lowest BCUT2D eigenvalue weighted by atomic mass is 9.80. The Balaban J connectivity index is 2.01. The topological polar surface area (TPSA) is 46.2 Å². The van der Waals surface area contributed by atoms with Crippen LogP contribution in [0.3, 0.4) is 0 Å². The smallest absolute Gasteiger partial charge is 0.210 e. The minimum Gasteiger partial charge on any atom is -0.210 e. The van der Waals surface area contributed by atoms with Crippen LogP contribution >= 0.6 is 50.5 Å². The van der Waals surface area contributed by atoms with Crippen LogP contribution in [0.4, 0.5) is 0 Å². The van der Waals surface area contributed by atoms with E-state index in [4.69, 9.17) is 23.2 Å². The predicted molar refractivity (Wildman–Crippen MR) is 88.4 cm³/mol. The van der Waals surface area contributed by atoms with Crippen molar-refractivity contribution >= 4 is 60.5 Å². The molecular weight excluding hydrogens is 405 g/mol. The Kier molecular flexibility index (Phi) is 6.21. The van der Waals surface area contributed by atoms with E-state index in [-0.39, 0.29) is 4.21 Å². The van der Waals surface area contributed by atoms with Crippen molar-refractivity contribution in [1.82, 2.24) is 4.72 Å². The van der Waals surface area contributed by atoms with Gasteiger partial charge in [0.1, 0.15) is 4.21 Å². The van der Waals surface area contributed by atoms with Gasteiger partial charge in [-0.25, -0.2) is 13.1 Å². The van der Waals surface area contributed by atoms with E-state index in [1.807, 2.05) is 0 Å². The Bertz CT molecular complexity index is 542. The van der Waals surface area contributed by atoms with Gasteiger partial charge in [-0.05, 0) is 46.7 Å². The molecule has 0 saturated heterocycles. The standard InChI is InChI=1S/C12H16BrCl2NO2S2/c13-12-10(15)5-11(19-12)20(17,18)16-7-9-4-2-1-3-8(9)6-14/h5,8-9,16H,1-4,6-7H2. The zero-order valence-electron chi connectivity index (χ0n) is 10.7. The van der Waals surface area contributed by atoms with E-state index in [1.165, 1.54) is 12.5 Å². The zero-order valence-corrected chi connectivity index (χ0v) is 15.5. The monoisotopic (exact) mass is 419 g/mol. The van der Waals surface area contributed by atoms with Crippen LogP contribution in [-0.2, 0) is 10.0 Å². The minimum atomic E-state index is -3.48. The number of alkyl halides is 1. The number of thiophene rings is 1. The largest absolute Gasteiger partial charge is 0.250 e. The minimum absolute atomic E-state index is 0.243. The van der Waals surface area contributed by atoms with Crippen LogP contribution in [0.2, 0.25) is 5.02 Å². The van der Waals surface area contributed by atoms with Gasteiger partial charge in [0, 0.05) is 12.4 Å². The average molecular weight is 421 g/mol. The predicted octanol–water partition coefficient (Wildman–Crippen LogP) is 4.49. The van der Waals surface area contributed by atoms with E-state index in [2.05, 4.69) is 20.7 Å². The van der Waals surface area contributed by atoms with E-state index in [9.17, 15) is 8.42 Å². The van der Waals surface area contributed by atoms with Gasteiger partial charge in [0.25, 0.3) is 0 Å². The first-order valence-electron chi connectivity index (χ1n) is 6.44. The summed E-state index contributed by atoms with van der Waals surface area (Å²) in [6.07, 6.45) is 4.46. The molecule has 2 rings (SSSR count). The van der Waals surface area contributed by atoms with Crippen LogP contribution < -0.4 is 4.72 Å². The van der Waals surface area contributed by atoms with Gasteiger partial charge in [0.15, 0.2) is 0 Å². The molecule has 2 unspecified atom stereocenters. The van der Waals surface area contributed by atoms with Crippen molar-refractivity contribution in [3.63, 3.8) is 0 Å². The molecule has 1 aliphatic rings. The lowest BCUT2D eigenvalue weighted by Gasteiger charge is -2.30. The highest BCUT2D eigenvalue weighted by molar-refractivity contribution is 9.11. The molecule has 1 N–H and O–H groups in total. The van der Waals surface area contributed by atoms with Crippen LogP contribution in [0.15, 0.2) is 14.1 Å². The summed E-state index contributed by atoms with van der Waals surface area (Å²) in [5.41, 5.74) is 0. The molecule has 2 atom stereocenters. The second-order valence-electron chi connectivity index (χ2n) is 5.00. The third kappa shape index (κ3) is 4.11. The molecular formula is C12H16BrCl2NO2S2. The highest BCUT2D eigenvalue weighted by atomic mass is 79.9. The second-order valence-corrected chi connectivity index (χ2v) is 10.1. The Morgan fingerprint density at radius 1 is 1.35 bits per heavy atom. The number of rotatable bonds is 5. The van der Waals surface area contributed by atoms with Crippen LogP contribution in [0.5, 0.6) is 0 Å². The van der Waals surface area contributed by atoms with Crippen LogP contribution in [0, 0.1) is 11.8 Å². The fourth-order valence-corrected chi connectivity index (χ4v) is 6.45. The van der Waals surface area contributed by atoms with E-state index in [0.29, 0.717) is 33.1 Å². The van der Waals surface area contributed by atoms with Gasteiger partial charge in [-0.1, -0.05) is 24.4 Å². The van der Waals surface area contributed by atoms with Crippen molar-refractivity contribution in [1.29, 1.82) is 0 Å². The molecule has 3 nitrogen and oxygen atoms in total. The third-order valence-electron chi connectivity index (χ3n) is 3.69. The van der Waals surface area contributed by atoms with Crippen LogP contribution in [0.1, 0.15) is 25.7 Å². The molecule has 0 amide bonds. The number of halogens is 3. The van der Waals surface area contributed by atoms with E-state index < -0.39 is 10.0 Å². The lowest BCUT2D eigenvalue weighted by Crippen LogP contribution is -2.34. The summed E-state index contributed by atoms with van der Waals surface area (Å²) >= 11 is 16.2. The first kappa shape index (κ1) is 17.0. The van der Waals surface area contributed by atoms with E-state index in [0.717, 1.165) is 30.6 Å². The summed E-state index contributed by atoms with van der Waals surface area (Å²) in [6, 6.07) is 1.47. The molecule has 0 aromatic carbocycles. The number of sulfonamides is 1. The molecule has 8 heteroatoms. The highest BCUT2D eigenvalue weighted by Crippen LogP contribution is 2.35. The van der Waals surface area contributed by atoms with Crippen molar-refractivity contribution in [2.24, 2.45) is 11.8 Å². The van der Waals surface area contributed by atoms with Gasteiger partial charge < -0.3 is 0 Å². The zero-order chi connectivity index (χ0) is 14.8. The summed E-state index contributed by atoms with van der Waals surface area (Å²) in [6.45, 7) is 0.451. The maximum Gasteiger partial charge on any atom is 0.250 e. The first-order valence-corrected chi connectivity index (χ1v) is 10.4. The molecule has 20 heavy (non-hydrogen) atoms. The second kappa shape index (κ2) is 7.29. The summed E-state index contributed by atoms with van der Waals surface area (Å²) in [7, 11) is -3.48.